The van der Waals surface area contributed by atoms with Gasteiger partial charge in [0.1, 0.15) is 24.8 Å². The van der Waals surface area contributed by atoms with Gasteiger partial charge in [-0.2, -0.15) is 0 Å². The van der Waals surface area contributed by atoms with Crippen molar-refractivity contribution in [2.45, 2.75) is 43.1 Å². The van der Waals surface area contributed by atoms with Crippen molar-refractivity contribution >= 4 is 30.0 Å². The fourth-order valence-electron chi connectivity index (χ4n) is 3.75. The van der Waals surface area contributed by atoms with Gasteiger partial charge in [0.05, 0.1) is 12.8 Å². The number of aliphatic imine (C=N–C) groups is 2. The van der Waals surface area contributed by atoms with Crippen molar-refractivity contribution in [3.8, 4) is 0 Å². The van der Waals surface area contributed by atoms with Gasteiger partial charge < -0.3 is 42.0 Å². The predicted octanol–water partition coefficient (Wildman–Crippen LogP) is -2.76. The van der Waals surface area contributed by atoms with Gasteiger partial charge in [0.25, 0.3) is 0 Å². The van der Waals surface area contributed by atoms with Gasteiger partial charge in [-0.05, 0) is 0 Å². The molecule has 2 unspecified atom stereocenters. The molecule has 0 aromatic carbocycles. The third-order valence-corrected chi connectivity index (χ3v) is 4.76. The molecule has 8 N–H and O–H groups in total. The number of hydrogen-bond acceptors (Lipinski definition) is 11. The zero-order valence-electron chi connectivity index (χ0n) is 14.3. The van der Waals surface area contributed by atoms with Crippen LogP contribution in [-0.2, 0) is 19.1 Å². The van der Waals surface area contributed by atoms with Crippen LogP contribution in [0.2, 0.25) is 0 Å². The predicted molar refractivity (Wildman–Crippen MR) is 90.3 cm³/mol. The Labute approximate surface area is 153 Å². The van der Waals surface area contributed by atoms with Crippen molar-refractivity contribution in [1.29, 1.82) is 0 Å². The number of nitrogens with two attached hydrogens (primary N) is 3. The third-order valence-electron chi connectivity index (χ3n) is 4.76. The van der Waals surface area contributed by atoms with E-state index in [4.69, 9.17) is 31.8 Å². The number of guanidine groups is 2. The van der Waals surface area contributed by atoms with Gasteiger partial charge in [0, 0.05) is 13.0 Å². The minimum atomic E-state index is -1.10. The molecule has 1 spiro atoms. The highest BCUT2D eigenvalue weighted by Crippen LogP contribution is 2.41. The molecule has 0 aromatic rings. The van der Waals surface area contributed by atoms with Gasteiger partial charge in [0.2, 0.25) is 0 Å². The van der Waals surface area contributed by atoms with Gasteiger partial charge >= 0.3 is 18.0 Å². The van der Waals surface area contributed by atoms with E-state index in [1.54, 1.807) is 4.90 Å². The molecule has 3 rings (SSSR count). The van der Waals surface area contributed by atoms with Gasteiger partial charge in [0.15, 0.2) is 17.6 Å². The van der Waals surface area contributed by atoms with Crippen LogP contribution in [0.4, 0.5) is 4.79 Å². The van der Waals surface area contributed by atoms with E-state index in [9.17, 15) is 14.4 Å². The van der Waals surface area contributed by atoms with Crippen LogP contribution in [-0.4, -0.2) is 77.0 Å². The van der Waals surface area contributed by atoms with Gasteiger partial charge in [-0.15, -0.1) is 0 Å². The molecule has 3 heterocycles. The van der Waals surface area contributed by atoms with E-state index in [1.165, 1.54) is 0 Å². The Kier molecular flexibility index (Phi) is 4.68. The minimum Gasteiger partial charge on any atom is -0.481 e. The van der Waals surface area contributed by atoms with Crippen molar-refractivity contribution < 1.29 is 29.0 Å². The number of nitrogens with zero attached hydrogens (tertiary/aromatic N) is 3. The Hall–Kier alpha value is -3.25. The molecular formula is C14H21N7O6. The molecule has 0 saturated carbocycles. The number of ether oxygens (including phenoxy) is 2. The molecule has 0 aliphatic carbocycles. The molecule has 0 aromatic heterocycles. The van der Waals surface area contributed by atoms with Gasteiger partial charge in [-0.25, -0.2) is 14.8 Å². The Morgan fingerprint density at radius 3 is 2.70 bits per heavy atom. The molecule has 1 fully saturated rings. The van der Waals surface area contributed by atoms with E-state index in [1.807, 2.05) is 0 Å². The average Bonchev–Trinajstić information content (AvgIpc) is 3.11. The molecule has 0 bridgehead atoms. The standard InChI is InChI=1S/C14H21N7O6/c15-11-19-10-6(5-26-13(17)25)18-12(16)21-4-3-7(14(10,21)20-11)27-9(24)2-1-8(22)23/h6-7,10H,1-5H2,(H2,16,18)(H2,17,25)(H,22,23)(H3,15,19,20)/t6-,7?,10-,14?/m0/s1. The number of hydrogen-bond donors (Lipinski definition) is 5. The molecule has 0 radical (unpaired) electrons. The normalized spacial score (nSPS) is 31.1. The van der Waals surface area contributed by atoms with Gasteiger partial charge in [-0.1, -0.05) is 0 Å². The first-order valence-electron chi connectivity index (χ1n) is 8.30. The lowest BCUT2D eigenvalue weighted by Crippen LogP contribution is -2.73. The van der Waals surface area contributed by atoms with E-state index in [-0.39, 0.29) is 31.4 Å². The summed E-state index contributed by atoms with van der Waals surface area (Å²) in [4.78, 5) is 44.0. The van der Waals surface area contributed by atoms with Crippen LogP contribution in [0, 0.1) is 0 Å². The highest BCUT2D eigenvalue weighted by Gasteiger charge is 2.64. The number of carbonyl (C=O) groups excluding carboxylic acids is 2. The number of carboxylic acids is 1. The molecule has 27 heavy (non-hydrogen) atoms. The monoisotopic (exact) mass is 383 g/mol. The first-order valence-corrected chi connectivity index (χ1v) is 8.30. The Morgan fingerprint density at radius 2 is 2.04 bits per heavy atom. The van der Waals surface area contributed by atoms with Crippen LogP contribution in [0.1, 0.15) is 19.3 Å². The Balaban J connectivity index is 1.84. The van der Waals surface area contributed by atoms with Crippen molar-refractivity contribution in [3.05, 3.63) is 0 Å². The number of esters is 1. The van der Waals surface area contributed by atoms with Crippen LogP contribution in [0.5, 0.6) is 0 Å². The molecule has 4 atom stereocenters. The van der Waals surface area contributed by atoms with E-state index < -0.39 is 41.9 Å². The molecule has 3 aliphatic rings. The fraction of sp³-hybridized carbons (Fsp3) is 0.643. The van der Waals surface area contributed by atoms with Crippen molar-refractivity contribution in [2.75, 3.05) is 13.2 Å². The molecule has 3 aliphatic heterocycles. The van der Waals surface area contributed by atoms with Crippen LogP contribution in [0.25, 0.3) is 0 Å². The van der Waals surface area contributed by atoms with Crippen molar-refractivity contribution in [3.63, 3.8) is 0 Å². The summed E-state index contributed by atoms with van der Waals surface area (Å²) in [5.74, 6) is -1.49. The number of aliphatic carboxylic acids is 1. The van der Waals surface area contributed by atoms with Crippen molar-refractivity contribution in [2.24, 2.45) is 27.2 Å². The van der Waals surface area contributed by atoms with Gasteiger partial charge in [-0.3, -0.25) is 9.59 Å². The van der Waals surface area contributed by atoms with E-state index in [2.05, 4.69) is 15.3 Å². The second kappa shape index (κ2) is 6.81. The van der Waals surface area contributed by atoms with E-state index in [0.717, 1.165) is 0 Å². The highest BCUT2D eigenvalue weighted by atomic mass is 16.6. The molecular weight excluding hydrogens is 362 g/mol. The summed E-state index contributed by atoms with van der Waals surface area (Å²) in [6.07, 6.45) is -1.87. The number of nitrogens with one attached hydrogen (secondary N) is 1. The summed E-state index contributed by atoms with van der Waals surface area (Å²) in [7, 11) is 0. The number of amides is 1. The van der Waals surface area contributed by atoms with Crippen LogP contribution >= 0.6 is 0 Å². The second-order valence-corrected chi connectivity index (χ2v) is 6.41. The van der Waals surface area contributed by atoms with E-state index in [0.29, 0.717) is 13.0 Å². The number of carbonyl (C=O) groups is 3. The lowest BCUT2D eigenvalue weighted by atomic mass is 9.89. The summed E-state index contributed by atoms with van der Waals surface area (Å²) in [5.41, 5.74) is 15.9. The molecule has 13 heteroatoms. The molecule has 1 saturated heterocycles. The molecule has 1 amide bonds. The summed E-state index contributed by atoms with van der Waals surface area (Å²) in [6, 6.07) is -1.33. The lowest BCUT2D eigenvalue weighted by molar-refractivity contribution is -0.156. The van der Waals surface area contributed by atoms with Crippen LogP contribution in [0.15, 0.2) is 9.98 Å². The maximum absolute atomic E-state index is 12.1. The quantitative estimate of drug-likeness (QED) is 0.298. The highest BCUT2D eigenvalue weighted by molar-refractivity contribution is 5.87. The fourth-order valence-corrected chi connectivity index (χ4v) is 3.75. The van der Waals surface area contributed by atoms with Crippen molar-refractivity contribution in [1.82, 2.24) is 10.2 Å². The van der Waals surface area contributed by atoms with E-state index >= 15 is 0 Å². The molecule has 13 nitrogen and oxygen atoms in total. The first kappa shape index (κ1) is 18.5. The largest absolute Gasteiger partial charge is 0.481 e. The Bertz CT molecular complexity index is 725. The summed E-state index contributed by atoms with van der Waals surface area (Å²) in [6.45, 7) is 0.246. The number of primary amides is 1. The van der Waals surface area contributed by atoms with Crippen LogP contribution < -0.4 is 22.5 Å². The first-order chi connectivity index (χ1) is 12.7. The number of carboxylic acid groups (broad SMARTS) is 1. The maximum atomic E-state index is 12.1. The second-order valence-electron chi connectivity index (χ2n) is 6.41. The van der Waals surface area contributed by atoms with Crippen LogP contribution in [0.3, 0.4) is 0 Å². The smallest absolute Gasteiger partial charge is 0.404 e. The maximum Gasteiger partial charge on any atom is 0.404 e. The summed E-state index contributed by atoms with van der Waals surface area (Å²) in [5, 5.41) is 11.7. The summed E-state index contributed by atoms with van der Waals surface area (Å²) < 4.78 is 10.4. The summed E-state index contributed by atoms with van der Waals surface area (Å²) >= 11 is 0. The average molecular weight is 383 g/mol. The SMILES string of the molecule is NC(=O)OC[C@@H]1N=C(N)N2CCC(OC(=O)CCC(=O)O)C23NC(N)=N[C@@H]13. The lowest BCUT2D eigenvalue weighted by Gasteiger charge is -2.46. The zero-order valence-corrected chi connectivity index (χ0v) is 14.3. The molecule has 148 valence electrons. The zero-order chi connectivity index (χ0) is 19.8. The Morgan fingerprint density at radius 1 is 1.30 bits per heavy atom. The topological polar surface area (TPSA) is 208 Å². The third kappa shape index (κ3) is 3.27. The minimum absolute atomic E-state index is 0.104. The number of rotatable bonds is 6.